The van der Waals surface area contributed by atoms with Crippen molar-refractivity contribution in [3.63, 3.8) is 0 Å². The van der Waals surface area contributed by atoms with Crippen LogP contribution < -0.4 is 0 Å². The van der Waals surface area contributed by atoms with E-state index in [1.807, 2.05) is 37.3 Å². The largest absolute Gasteiger partial charge is 0.335 e. The Morgan fingerprint density at radius 3 is 2.52 bits per heavy atom. The molecular formula is C16H14Cl2INO. The Bertz CT molecular complexity index is 660. The second-order valence-electron chi connectivity index (χ2n) is 4.57. The van der Waals surface area contributed by atoms with Crippen molar-refractivity contribution in [2.45, 2.75) is 13.5 Å². The quantitative estimate of drug-likeness (QED) is 0.602. The first-order valence-electron chi connectivity index (χ1n) is 6.50. The molecule has 21 heavy (non-hydrogen) atoms. The van der Waals surface area contributed by atoms with Crippen LogP contribution in [0.4, 0.5) is 0 Å². The second kappa shape index (κ2) is 7.47. The van der Waals surface area contributed by atoms with Crippen LogP contribution in [0.15, 0.2) is 42.5 Å². The Balaban J connectivity index is 2.24. The van der Waals surface area contributed by atoms with Gasteiger partial charge < -0.3 is 4.90 Å². The van der Waals surface area contributed by atoms with E-state index in [9.17, 15) is 4.79 Å². The SMILES string of the molecule is CCN(Cc1cccc(Cl)c1)C(=O)c1cc(Cl)ccc1I. The van der Waals surface area contributed by atoms with Crippen LogP contribution in [-0.2, 0) is 6.54 Å². The van der Waals surface area contributed by atoms with Crippen molar-refractivity contribution in [1.29, 1.82) is 0 Å². The van der Waals surface area contributed by atoms with Crippen LogP contribution in [-0.4, -0.2) is 17.4 Å². The number of halogens is 3. The zero-order valence-corrected chi connectivity index (χ0v) is 15.1. The van der Waals surface area contributed by atoms with Gasteiger partial charge in [0.15, 0.2) is 0 Å². The number of carbonyl (C=O) groups excluding carboxylic acids is 1. The lowest BCUT2D eigenvalue weighted by molar-refractivity contribution is 0.0751. The Kier molecular flexibility index (Phi) is 5.90. The molecule has 0 N–H and O–H groups in total. The van der Waals surface area contributed by atoms with Gasteiger partial charge in [0.1, 0.15) is 0 Å². The topological polar surface area (TPSA) is 20.3 Å². The van der Waals surface area contributed by atoms with Crippen molar-refractivity contribution in [3.8, 4) is 0 Å². The number of rotatable bonds is 4. The third-order valence-electron chi connectivity index (χ3n) is 3.09. The molecule has 110 valence electrons. The predicted molar refractivity (Wildman–Crippen MR) is 96.0 cm³/mol. The molecule has 5 heteroatoms. The molecule has 0 spiro atoms. The third-order valence-corrected chi connectivity index (χ3v) is 4.50. The molecule has 0 fully saturated rings. The van der Waals surface area contributed by atoms with E-state index in [1.54, 1.807) is 17.0 Å². The van der Waals surface area contributed by atoms with Gasteiger partial charge in [0.2, 0.25) is 0 Å². The smallest absolute Gasteiger partial charge is 0.255 e. The molecule has 0 aliphatic carbocycles. The fourth-order valence-corrected chi connectivity index (χ4v) is 2.97. The molecule has 1 amide bonds. The Morgan fingerprint density at radius 2 is 1.86 bits per heavy atom. The zero-order chi connectivity index (χ0) is 15.4. The van der Waals surface area contributed by atoms with E-state index in [4.69, 9.17) is 23.2 Å². The summed E-state index contributed by atoms with van der Waals surface area (Å²) in [5.74, 6) is -0.0237. The highest BCUT2D eigenvalue weighted by atomic mass is 127. The average molecular weight is 434 g/mol. The summed E-state index contributed by atoms with van der Waals surface area (Å²) in [5.41, 5.74) is 1.64. The summed E-state index contributed by atoms with van der Waals surface area (Å²) >= 11 is 14.1. The minimum absolute atomic E-state index is 0.0237. The van der Waals surface area contributed by atoms with Gasteiger partial charge >= 0.3 is 0 Å². The minimum atomic E-state index is -0.0237. The van der Waals surface area contributed by atoms with Gasteiger partial charge in [-0.3, -0.25) is 4.79 Å². The summed E-state index contributed by atoms with van der Waals surface area (Å²) in [6, 6.07) is 12.9. The molecule has 0 saturated carbocycles. The second-order valence-corrected chi connectivity index (χ2v) is 6.61. The summed E-state index contributed by atoms with van der Waals surface area (Å²) in [7, 11) is 0. The van der Waals surface area contributed by atoms with Crippen LogP contribution in [0.25, 0.3) is 0 Å². The Morgan fingerprint density at radius 1 is 1.14 bits per heavy atom. The van der Waals surface area contributed by atoms with Crippen LogP contribution in [0.5, 0.6) is 0 Å². The Hall–Kier alpha value is -0.780. The summed E-state index contributed by atoms with van der Waals surface area (Å²) in [6.07, 6.45) is 0. The molecule has 0 atom stereocenters. The number of amides is 1. The maximum absolute atomic E-state index is 12.7. The maximum Gasteiger partial charge on any atom is 0.255 e. The van der Waals surface area contributed by atoms with E-state index in [1.165, 1.54) is 0 Å². The van der Waals surface area contributed by atoms with E-state index in [0.29, 0.717) is 28.7 Å². The van der Waals surface area contributed by atoms with Crippen molar-refractivity contribution in [3.05, 3.63) is 67.2 Å². The van der Waals surface area contributed by atoms with Crippen molar-refractivity contribution in [2.75, 3.05) is 6.54 Å². The van der Waals surface area contributed by atoms with Crippen molar-refractivity contribution in [2.24, 2.45) is 0 Å². The highest BCUT2D eigenvalue weighted by molar-refractivity contribution is 14.1. The zero-order valence-electron chi connectivity index (χ0n) is 11.4. The van der Waals surface area contributed by atoms with Crippen LogP contribution in [0, 0.1) is 3.57 Å². The first kappa shape index (κ1) is 16.6. The molecule has 2 aromatic rings. The summed E-state index contributed by atoms with van der Waals surface area (Å²) in [5, 5.41) is 1.24. The van der Waals surface area contributed by atoms with E-state index in [2.05, 4.69) is 22.6 Å². The number of hydrogen-bond acceptors (Lipinski definition) is 1. The molecule has 0 unspecified atom stereocenters. The number of nitrogens with zero attached hydrogens (tertiary/aromatic N) is 1. The highest BCUT2D eigenvalue weighted by Crippen LogP contribution is 2.21. The fraction of sp³-hybridized carbons (Fsp3) is 0.188. The maximum atomic E-state index is 12.7. The number of benzene rings is 2. The lowest BCUT2D eigenvalue weighted by Gasteiger charge is -2.22. The van der Waals surface area contributed by atoms with Crippen LogP contribution in [0.3, 0.4) is 0 Å². The van der Waals surface area contributed by atoms with E-state index in [-0.39, 0.29) is 5.91 Å². The van der Waals surface area contributed by atoms with Crippen LogP contribution in [0.1, 0.15) is 22.8 Å². The highest BCUT2D eigenvalue weighted by Gasteiger charge is 2.17. The summed E-state index contributed by atoms with van der Waals surface area (Å²) < 4.78 is 0.895. The van der Waals surface area contributed by atoms with E-state index >= 15 is 0 Å². The van der Waals surface area contributed by atoms with Gasteiger partial charge in [0.25, 0.3) is 5.91 Å². The molecule has 0 bridgehead atoms. The van der Waals surface area contributed by atoms with Crippen LogP contribution in [0.2, 0.25) is 10.0 Å². The number of hydrogen-bond donors (Lipinski definition) is 0. The Labute approximate surface area is 148 Å². The first-order valence-corrected chi connectivity index (χ1v) is 8.33. The molecule has 0 aliphatic heterocycles. The monoisotopic (exact) mass is 433 g/mol. The summed E-state index contributed by atoms with van der Waals surface area (Å²) in [6.45, 7) is 3.10. The lowest BCUT2D eigenvalue weighted by atomic mass is 10.1. The van der Waals surface area contributed by atoms with Crippen molar-refractivity contribution >= 4 is 51.7 Å². The number of carbonyl (C=O) groups is 1. The van der Waals surface area contributed by atoms with E-state index < -0.39 is 0 Å². The fourth-order valence-electron chi connectivity index (χ4n) is 2.01. The molecule has 0 radical (unpaired) electrons. The third kappa shape index (κ3) is 4.34. The van der Waals surface area contributed by atoms with Gasteiger partial charge in [-0.05, 0) is 65.4 Å². The van der Waals surface area contributed by atoms with Gasteiger partial charge in [-0.1, -0.05) is 35.3 Å². The van der Waals surface area contributed by atoms with Gasteiger partial charge in [0.05, 0.1) is 5.56 Å². The van der Waals surface area contributed by atoms with Gasteiger partial charge in [-0.25, -0.2) is 0 Å². The molecular weight excluding hydrogens is 420 g/mol. The van der Waals surface area contributed by atoms with Crippen molar-refractivity contribution < 1.29 is 4.79 Å². The average Bonchev–Trinajstić information content (AvgIpc) is 2.46. The van der Waals surface area contributed by atoms with Gasteiger partial charge in [0, 0.05) is 26.7 Å². The molecule has 0 heterocycles. The molecule has 0 saturated heterocycles. The van der Waals surface area contributed by atoms with Crippen LogP contribution >= 0.6 is 45.8 Å². The molecule has 0 aliphatic rings. The lowest BCUT2D eigenvalue weighted by Crippen LogP contribution is -2.30. The molecule has 0 aromatic heterocycles. The van der Waals surface area contributed by atoms with Crippen molar-refractivity contribution in [1.82, 2.24) is 4.90 Å². The summed E-state index contributed by atoms with van der Waals surface area (Å²) in [4.78, 5) is 14.4. The molecule has 2 aromatic carbocycles. The minimum Gasteiger partial charge on any atom is -0.335 e. The first-order chi connectivity index (χ1) is 10.0. The van der Waals surface area contributed by atoms with Gasteiger partial charge in [-0.15, -0.1) is 0 Å². The normalized spacial score (nSPS) is 10.5. The van der Waals surface area contributed by atoms with E-state index in [0.717, 1.165) is 9.13 Å². The molecule has 2 nitrogen and oxygen atoms in total. The van der Waals surface area contributed by atoms with Gasteiger partial charge in [-0.2, -0.15) is 0 Å². The standard InChI is InChI=1S/C16H14Cl2INO/c1-2-20(10-11-4-3-5-12(17)8-11)16(21)14-9-13(18)6-7-15(14)19/h3-9H,2,10H2,1H3. The predicted octanol–water partition coefficient (Wildman–Crippen LogP) is 5.26. The molecule has 2 rings (SSSR count).